The second-order valence-corrected chi connectivity index (χ2v) is 1.76. The Balaban J connectivity index is 3.81. The summed E-state index contributed by atoms with van der Waals surface area (Å²) in [5, 5.41) is 8.21. The van der Waals surface area contributed by atoms with Crippen molar-refractivity contribution in [2.45, 2.75) is 6.92 Å². The van der Waals surface area contributed by atoms with Crippen LogP contribution in [0.1, 0.15) is 6.92 Å². The number of allylic oxidation sites excluding steroid dienone is 2. The first kappa shape index (κ1) is 8.66. The van der Waals surface area contributed by atoms with Crippen LogP contribution in [0, 0.1) is 0 Å². The number of rotatable bonds is 3. The van der Waals surface area contributed by atoms with E-state index in [-0.39, 0.29) is 0 Å². The number of nitrogens with zero attached hydrogens (tertiary/aromatic N) is 1. The van der Waals surface area contributed by atoms with Crippen molar-refractivity contribution in [2.75, 3.05) is 6.54 Å². The highest BCUT2D eigenvalue weighted by Gasteiger charge is 1.81. The van der Waals surface area contributed by atoms with Crippen molar-refractivity contribution in [1.82, 2.24) is 0 Å². The Kier molecular flexibility index (Phi) is 5.01. The van der Waals surface area contributed by atoms with Gasteiger partial charge in [0, 0.05) is 0 Å². The Bertz CT molecular complexity index is 188. The number of aliphatic hydroxyl groups excluding tert-OH is 1. The van der Waals surface area contributed by atoms with Gasteiger partial charge in [0.15, 0.2) is 0 Å². The average molecular weight is 139 g/mol. The molecule has 0 aliphatic heterocycles. The minimum atomic E-state index is 0.341. The molecule has 0 rings (SSSR count). The number of carbonyl (C=O) groups excluding carboxylic acids is 1. The van der Waals surface area contributed by atoms with E-state index in [9.17, 15) is 4.79 Å². The first-order valence-electron chi connectivity index (χ1n) is 2.81. The van der Waals surface area contributed by atoms with Gasteiger partial charge in [-0.05, 0) is 13.0 Å². The molecule has 0 saturated heterocycles. The highest BCUT2D eigenvalue weighted by molar-refractivity contribution is 5.34. The second-order valence-electron chi connectivity index (χ2n) is 1.76. The third kappa shape index (κ3) is 4.81. The van der Waals surface area contributed by atoms with Gasteiger partial charge in [0.25, 0.3) is 0 Å². The van der Waals surface area contributed by atoms with Gasteiger partial charge >= 0.3 is 0 Å². The molecule has 0 spiro atoms. The second kappa shape index (κ2) is 5.79. The predicted molar refractivity (Wildman–Crippen MR) is 38.5 cm³/mol. The SMILES string of the molecule is C/C(=C\C=C/O)CN=C=O. The molecular formula is C7H9NO2. The van der Waals surface area contributed by atoms with Crippen molar-refractivity contribution in [1.29, 1.82) is 0 Å². The van der Waals surface area contributed by atoms with Crippen molar-refractivity contribution in [3.63, 3.8) is 0 Å². The van der Waals surface area contributed by atoms with Crippen LogP contribution in [0.4, 0.5) is 0 Å². The maximum atomic E-state index is 9.60. The summed E-state index contributed by atoms with van der Waals surface area (Å²) >= 11 is 0. The third-order valence-electron chi connectivity index (χ3n) is 0.860. The summed E-state index contributed by atoms with van der Waals surface area (Å²) in [5.74, 6) is 0. The fraction of sp³-hybridized carbons (Fsp3) is 0.286. The van der Waals surface area contributed by atoms with E-state index >= 15 is 0 Å². The quantitative estimate of drug-likeness (QED) is 0.277. The van der Waals surface area contributed by atoms with E-state index in [1.807, 2.05) is 0 Å². The van der Waals surface area contributed by atoms with Crippen LogP contribution >= 0.6 is 0 Å². The van der Waals surface area contributed by atoms with Gasteiger partial charge in [0.1, 0.15) is 0 Å². The van der Waals surface area contributed by atoms with Crippen LogP contribution in [-0.4, -0.2) is 17.7 Å². The molecule has 0 bridgehead atoms. The van der Waals surface area contributed by atoms with Gasteiger partial charge in [-0.25, -0.2) is 9.79 Å². The first-order chi connectivity index (χ1) is 4.81. The van der Waals surface area contributed by atoms with E-state index in [4.69, 9.17) is 5.11 Å². The van der Waals surface area contributed by atoms with Crippen LogP contribution in [0.25, 0.3) is 0 Å². The van der Waals surface area contributed by atoms with Gasteiger partial charge in [0.2, 0.25) is 6.08 Å². The van der Waals surface area contributed by atoms with Crippen LogP contribution < -0.4 is 0 Å². The van der Waals surface area contributed by atoms with E-state index in [0.29, 0.717) is 6.54 Å². The number of isocyanates is 1. The Morgan fingerprint density at radius 1 is 1.80 bits per heavy atom. The molecule has 0 amide bonds. The summed E-state index contributed by atoms with van der Waals surface area (Å²) in [6.45, 7) is 2.15. The molecule has 0 radical (unpaired) electrons. The average Bonchev–Trinajstić information content (AvgIpc) is 1.97. The van der Waals surface area contributed by atoms with Gasteiger partial charge in [-0.2, -0.15) is 0 Å². The van der Waals surface area contributed by atoms with Gasteiger partial charge in [-0.15, -0.1) is 0 Å². The molecule has 0 aromatic carbocycles. The zero-order chi connectivity index (χ0) is 7.82. The Labute approximate surface area is 59.4 Å². The summed E-state index contributed by atoms with van der Waals surface area (Å²) < 4.78 is 0. The van der Waals surface area contributed by atoms with E-state index < -0.39 is 0 Å². The Morgan fingerprint density at radius 2 is 2.50 bits per heavy atom. The standard InChI is InChI=1S/C7H9NO2/c1-7(3-2-4-9)5-8-6-10/h2-4,9H,5H2,1H3/b4-2-,7-3+. The highest BCUT2D eigenvalue weighted by Crippen LogP contribution is 1.91. The minimum Gasteiger partial charge on any atom is -0.516 e. The Hall–Kier alpha value is -1.34. The lowest BCUT2D eigenvalue weighted by Gasteiger charge is -1.87. The third-order valence-corrected chi connectivity index (χ3v) is 0.860. The summed E-state index contributed by atoms with van der Waals surface area (Å²) in [7, 11) is 0. The van der Waals surface area contributed by atoms with Crippen molar-refractivity contribution in [3.8, 4) is 0 Å². The maximum absolute atomic E-state index is 9.60. The molecule has 0 saturated carbocycles. The molecule has 54 valence electrons. The predicted octanol–water partition coefficient (Wildman–Crippen LogP) is 1.34. The molecule has 10 heavy (non-hydrogen) atoms. The molecule has 0 aliphatic rings. The van der Waals surface area contributed by atoms with Gasteiger partial charge in [-0.3, -0.25) is 0 Å². The fourth-order valence-corrected chi connectivity index (χ4v) is 0.417. The van der Waals surface area contributed by atoms with E-state index in [1.54, 1.807) is 13.0 Å². The lowest BCUT2D eigenvalue weighted by Crippen LogP contribution is -1.79. The normalized spacial score (nSPS) is 11.5. The zero-order valence-corrected chi connectivity index (χ0v) is 5.74. The lowest BCUT2D eigenvalue weighted by atomic mass is 10.3. The molecule has 3 heteroatoms. The summed E-state index contributed by atoms with van der Waals surface area (Å²) in [4.78, 5) is 12.9. The van der Waals surface area contributed by atoms with Crippen LogP contribution in [0.15, 0.2) is 29.0 Å². The van der Waals surface area contributed by atoms with Crippen molar-refractivity contribution < 1.29 is 9.90 Å². The van der Waals surface area contributed by atoms with Crippen LogP contribution in [0.5, 0.6) is 0 Å². The maximum Gasteiger partial charge on any atom is 0.235 e. The smallest absolute Gasteiger partial charge is 0.235 e. The first-order valence-corrected chi connectivity index (χ1v) is 2.81. The van der Waals surface area contributed by atoms with E-state index in [1.165, 1.54) is 12.2 Å². The molecular weight excluding hydrogens is 130 g/mol. The van der Waals surface area contributed by atoms with E-state index in [0.717, 1.165) is 11.8 Å². The summed E-state index contributed by atoms with van der Waals surface area (Å²) in [5.41, 5.74) is 0.897. The van der Waals surface area contributed by atoms with Crippen LogP contribution in [0.3, 0.4) is 0 Å². The summed E-state index contributed by atoms with van der Waals surface area (Å²) in [6.07, 6.45) is 5.48. The Morgan fingerprint density at radius 3 is 3.00 bits per heavy atom. The molecule has 0 aromatic rings. The van der Waals surface area contributed by atoms with Gasteiger partial charge in [-0.1, -0.05) is 11.6 Å². The van der Waals surface area contributed by atoms with Crippen molar-refractivity contribution in [3.05, 3.63) is 24.0 Å². The summed E-state index contributed by atoms with van der Waals surface area (Å²) in [6, 6.07) is 0. The molecule has 3 nitrogen and oxygen atoms in total. The van der Waals surface area contributed by atoms with E-state index in [2.05, 4.69) is 4.99 Å². The fourth-order valence-electron chi connectivity index (χ4n) is 0.417. The largest absolute Gasteiger partial charge is 0.516 e. The zero-order valence-electron chi connectivity index (χ0n) is 5.74. The van der Waals surface area contributed by atoms with Crippen molar-refractivity contribution >= 4 is 6.08 Å². The molecule has 1 N–H and O–H groups in total. The number of hydrogen-bond donors (Lipinski definition) is 1. The molecule has 0 fully saturated rings. The molecule has 0 aromatic heterocycles. The lowest BCUT2D eigenvalue weighted by molar-refractivity contribution is 0.473. The molecule has 0 aliphatic carbocycles. The number of aliphatic hydroxyl groups is 1. The number of aliphatic imine (C=N–C) groups is 1. The molecule has 0 unspecified atom stereocenters. The van der Waals surface area contributed by atoms with Gasteiger partial charge < -0.3 is 5.11 Å². The monoisotopic (exact) mass is 139 g/mol. The minimum absolute atomic E-state index is 0.341. The van der Waals surface area contributed by atoms with Crippen LogP contribution in [-0.2, 0) is 4.79 Å². The molecule has 0 heterocycles. The highest BCUT2D eigenvalue weighted by atomic mass is 16.2. The van der Waals surface area contributed by atoms with Gasteiger partial charge in [0.05, 0.1) is 12.8 Å². The van der Waals surface area contributed by atoms with Crippen molar-refractivity contribution in [2.24, 2.45) is 4.99 Å². The molecule has 0 atom stereocenters. The van der Waals surface area contributed by atoms with Crippen LogP contribution in [0.2, 0.25) is 0 Å². The topological polar surface area (TPSA) is 49.7 Å². The number of hydrogen-bond acceptors (Lipinski definition) is 3.